The van der Waals surface area contributed by atoms with Gasteiger partial charge >= 0.3 is 0 Å². The molecule has 0 amide bonds. The normalized spacial score (nSPS) is 10.6. The van der Waals surface area contributed by atoms with E-state index >= 15 is 0 Å². The van der Waals surface area contributed by atoms with E-state index in [0.29, 0.717) is 18.2 Å². The lowest BCUT2D eigenvalue weighted by Gasteiger charge is -2.25. The minimum absolute atomic E-state index is 0.439. The topological polar surface area (TPSA) is 47.7 Å². The fraction of sp³-hybridized carbons (Fsp3) is 0.562. The van der Waals surface area contributed by atoms with Crippen molar-refractivity contribution in [2.24, 2.45) is 5.73 Å². The third-order valence-electron chi connectivity index (χ3n) is 3.26. The van der Waals surface area contributed by atoms with E-state index in [-0.39, 0.29) is 0 Å². The molecule has 0 atom stereocenters. The Morgan fingerprint density at radius 2 is 1.71 bits per heavy atom. The highest BCUT2D eigenvalue weighted by molar-refractivity contribution is 7.80. The van der Waals surface area contributed by atoms with Crippen LogP contribution in [-0.4, -0.2) is 44.5 Å². The van der Waals surface area contributed by atoms with Crippen LogP contribution in [0, 0.1) is 6.92 Å². The first-order valence-corrected chi connectivity index (χ1v) is 7.81. The predicted molar refractivity (Wildman–Crippen MR) is 92.3 cm³/mol. The Labute approximate surface area is 133 Å². The summed E-state index contributed by atoms with van der Waals surface area (Å²) in [6.07, 6.45) is 0. The molecule has 1 rings (SSSR count). The third-order valence-corrected chi connectivity index (χ3v) is 3.48. The number of benzene rings is 1. The van der Waals surface area contributed by atoms with Crippen LogP contribution in [0.2, 0.25) is 0 Å². The van der Waals surface area contributed by atoms with Crippen molar-refractivity contribution < 1.29 is 9.47 Å². The summed E-state index contributed by atoms with van der Waals surface area (Å²) in [5.74, 6) is 0. The number of rotatable bonds is 10. The predicted octanol–water partition coefficient (Wildman–Crippen LogP) is 2.51. The van der Waals surface area contributed by atoms with Crippen LogP contribution < -0.4 is 10.6 Å². The number of nitrogens with zero attached hydrogens (tertiary/aromatic N) is 1. The van der Waals surface area contributed by atoms with Gasteiger partial charge in [-0.25, -0.2) is 0 Å². The van der Waals surface area contributed by atoms with Crippen LogP contribution in [0.4, 0.5) is 5.69 Å². The number of nitrogens with two attached hydrogens (primary N) is 1. The lowest BCUT2D eigenvalue weighted by atomic mass is 10.1. The van der Waals surface area contributed by atoms with Crippen molar-refractivity contribution in [1.29, 1.82) is 0 Å². The lowest BCUT2D eigenvalue weighted by molar-refractivity contribution is 0.141. The van der Waals surface area contributed by atoms with Gasteiger partial charge in [-0.3, -0.25) is 0 Å². The number of hydrogen-bond donors (Lipinski definition) is 1. The SMILES string of the molecule is CCOCCN(CCOCC)c1ccc(C(N)=S)c(C)c1. The molecular formula is C16H26N2O2S. The molecule has 0 saturated carbocycles. The van der Waals surface area contributed by atoms with Gasteiger partial charge in [-0.05, 0) is 44.5 Å². The minimum atomic E-state index is 0.439. The van der Waals surface area contributed by atoms with Crippen LogP contribution in [0.5, 0.6) is 0 Å². The minimum Gasteiger partial charge on any atom is -0.389 e. The van der Waals surface area contributed by atoms with Gasteiger partial charge < -0.3 is 20.1 Å². The van der Waals surface area contributed by atoms with E-state index in [1.165, 1.54) is 0 Å². The molecule has 2 N–H and O–H groups in total. The molecule has 1 aromatic carbocycles. The molecule has 0 spiro atoms. The molecular weight excluding hydrogens is 284 g/mol. The van der Waals surface area contributed by atoms with Gasteiger partial charge in [0, 0.05) is 37.6 Å². The summed E-state index contributed by atoms with van der Waals surface area (Å²) >= 11 is 5.05. The van der Waals surface area contributed by atoms with Crippen LogP contribution in [0.1, 0.15) is 25.0 Å². The quantitative estimate of drug-likeness (QED) is 0.531. The van der Waals surface area contributed by atoms with Gasteiger partial charge in [0.05, 0.1) is 13.2 Å². The first-order valence-electron chi connectivity index (χ1n) is 7.41. The number of aryl methyl sites for hydroxylation is 1. The van der Waals surface area contributed by atoms with E-state index in [1.54, 1.807) is 0 Å². The number of hydrogen-bond acceptors (Lipinski definition) is 4. The van der Waals surface area contributed by atoms with Gasteiger partial charge in [-0.1, -0.05) is 12.2 Å². The van der Waals surface area contributed by atoms with Crippen LogP contribution in [0.15, 0.2) is 18.2 Å². The fourth-order valence-electron chi connectivity index (χ4n) is 2.13. The first kappa shape index (κ1) is 17.9. The summed E-state index contributed by atoms with van der Waals surface area (Å²) in [5, 5.41) is 0. The van der Waals surface area contributed by atoms with Crippen LogP contribution in [0.3, 0.4) is 0 Å². The van der Waals surface area contributed by atoms with E-state index in [2.05, 4.69) is 17.0 Å². The van der Waals surface area contributed by atoms with Crippen LogP contribution in [-0.2, 0) is 9.47 Å². The lowest BCUT2D eigenvalue weighted by Crippen LogP contribution is -2.31. The highest BCUT2D eigenvalue weighted by atomic mass is 32.1. The monoisotopic (exact) mass is 310 g/mol. The van der Waals surface area contributed by atoms with E-state index in [4.69, 9.17) is 27.4 Å². The average Bonchev–Trinajstić information content (AvgIpc) is 2.45. The van der Waals surface area contributed by atoms with Crippen molar-refractivity contribution in [3.8, 4) is 0 Å². The molecule has 0 unspecified atom stereocenters. The summed E-state index contributed by atoms with van der Waals surface area (Å²) in [7, 11) is 0. The maximum Gasteiger partial charge on any atom is 0.104 e. The Morgan fingerprint density at radius 3 is 2.14 bits per heavy atom. The molecule has 21 heavy (non-hydrogen) atoms. The Hall–Kier alpha value is -1.17. The molecule has 118 valence electrons. The van der Waals surface area contributed by atoms with Crippen molar-refractivity contribution in [2.75, 3.05) is 44.4 Å². The van der Waals surface area contributed by atoms with E-state index in [9.17, 15) is 0 Å². The summed E-state index contributed by atoms with van der Waals surface area (Å²) in [5.41, 5.74) is 8.89. The fourth-order valence-corrected chi connectivity index (χ4v) is 2.36. The number of ether oxygens (including phenoxy) is 2. The largest absolute Gasteiger partial charge is 0.389 e. The van der Waals surface area contributed by atoms with Crippen LogP contribution >= 0.6 is 12.2 Å². The van der Waals surface area contributed by atoms with Crippen molar-refractivity contribution in [3.05, 3.63) is 29.3 Å². The maximum atomic E-state index is 5.72. The molecule has 5 heteroatoms. The number of thiocarbonyl (C=S) groups is 1. The third kappa shape index (κ3) is 5.99. The molecule has 0 aliphatic heterocycles. The van der Waals surface area contributed by atoms with Gasteiger partial charge in [0.2, 0.25) is 0 Å². The Balaban J connectivity index is 2.80. The first-order chi connectivity index (χ1) is 10.1. The highest BCUT2D eigenvalue weighted by Crippen LogP contribution is 2.19. The molecule has 0 aliphatic rings. The molecule has 4 nitrogen and oxygen atoms in total. The van der Waals surface area contributed by atoms with Gasteiger partial charge in [0.15, 0.2) is 0 Å². The van der Waals surface area contributed by atoms with Crippen molar-refractivity contribution in [1.82, 2.24) is 0 Å². The molecule has 0 saturated heterocycles. The second kappa shape index (κ2) is 9.71. The summed E-state index contributed by atoms with van der Waals surface area (Å²) in [4.78, 5) is 2.70. The summed E-state index contributed by atoms with van der Waals surface area (Å²) < 4.78 is 10.9. The zero-order valence-corrected chi connectivity index (χ0v) is 14.0. The second-order valence-electron chi connectivity index (χ2n) is 4.74. The molecule has 0 bridgehead atoms. The smallest absolute Gasteiger partial charge is 0.104 e. The summed E-state index contributed by atoms with van der Waals surface area (Å²) in [6, 6.07) is 6.16. The second-order valence-corrected chi connectivity index (χ2v) is 5.18. The van der Waals surface area contributed by atoms with E-state index in [1.807, 2.05) is 26.8 Å². The Morgan fingerprint density at radius 1 is 1.14 bits per heavy atom. The molecule has 0 fully saturated rings. The van der Waals surface area contributed by atoms with Crippen LogP contribution in [0.25, 0.3) is 0 Å². The zero-order valence-electron chi connectivity index (χ0n) is 13.2. The van der Waals surface area contributed by atoms with Crippen molar-refractivity contribution in [3.63, 3.8) is 0 Å². The van der Waals surface area contributed by atoms with E-state index < -0.39 is 0 Å². The van der Waals surface area contributed by atoms with Gasteiger partial charge in [-0.15, -0.1) is 0 Å². The molecule has 1 aromatic rings. The molecule has 0 radical (unpaired) electrons. The zero-order chi connectivity index (χ0) is 15.7. The van der Waals surface area contributed by atoms with Gasteiger partial charge in [0.25, 0.3) is 0 Å². The molecule has 0 aliphatic carbocycles. The standard InChI is InChI=1S/C16H26N2O2S/c1-4-19-10-8-18(9-11-20-5-2)14-6-7-15(16(17)21)13(3)12-14/h6-7,12H,4-5,8-11H2,1-3H3,(H2,17,21). The Kier molecular flexibility index (Phi) is 8.27. The van der Waals surface area contributed by atoms with Gasteiger partial charge in [-0.2, -0.15) is 0 Å². The van der Waals surface area contributed by atoms with Crippen molar-refractivity contribution in [2.45, 2.75) is 20.8 Å². The van der Waals surface area contributed by atoms with Gasteiger partial charge in [0.1, 0.15) is 4.99 Å². The average molecular weight is 310 g/mol. The Bertz CT molecular complexity index is 442. The maximum absolute atomic E-state index is 5.72. The molecule has 0 heterocycles. The number of anilines is 1. The van der Waals surface area contributed by atoms with Crippen molar-refractivity contribution >= 4 is 22.9 Å². The molecule has 0 aromatic heterocycles. The van der Waals surface area contributed by atoms with E-state index in [0.717, 1.165) is 43.1 Å². The highest BCUT2D eigenvalue weighted by Gasteiger charge is 2.09. The summed E-state index contributed by atoms with van der Waals surface area (Å²) in [6.45, 7) is 10.6.